The van der Waals surface area contributed by atoms with Gasteiger partial charge < -0.3 is 5.73 Å². The Morgan fingerprint density at radius 1 is 1.31 bits per heavy atom. The van der Waals surface area contributed by atoms with Gasteiger partial charge in [0.1, 0.15) is 0 Å². The Labute approximate surface area is 78.7 Å². The van der Waals surface area contributed by atoms with Crippen molar-refractivity contribution in [3.63, 3.8) is 0 Å². The first-order valence-corrected chi connectivity index (χ1v) is 4.94. The molecule has 0 spiro atoms. The van der Waals surface area contributed by atoms with Gasteiger partial charge in [0.05, 0.1) is 11.2 Å². The van der Waals surface area contributed by atoms with Crippen molar-refractivity contribution >= 4 is 0 Å². The summed E-state index contributed by atoms with van der Waals surface area (Å²) in [5.74, 6) is 0. The normalized spacial score (nSPS) is 17.2. The Morgan fingerprint density at radius 3 is 2.69 bits per heavy atom. The van der Waals surface area contributed by atoms with Crippen LogP contribution in [-0.2, 0) is 18.4 Å². The molecule has 1 aliphatic carbocycles. The standard InChI is InChI=1S/C10H17N3/c1-10(2,11)9-7-5-3-4-6-8(7)12-13-9/h3-6,11H2,1-2H3,(H,12,13). The summed E-state index contributed by atoms with van der Waals surface area (Å²) in [6.07, 6.45) is 4.83. The van der Waals surface area contributed by atoms with Crippen molar-refractivity contribution in [1.29, 1.82) is 0 Å². The number of hydrogen-bond donors (Lipinski definition) is 2. The minimum Gasteiger partial charge on any atom is -0.321 e. The van der Waals surface area contributed by atoms with E-state index in [9.17, 15) is 0 Å². The maximum Gasteiger partial charge on any atom is 0.0849 e. The van der Waals surface area contributed by atoms with Crippen molar-refractivity contribution in [2.24, 2.45) is 5.73 Å². The number of nitrogens with two attached hydrogens (primary N) is 1. The predicted molar refractivity (Wildman–Crippen MR) is 52.4 cm³/mol. The van der Waals surface area contributed by atoms with Crippen molar-refractivity contribution in [2.75, 3.05) is 0 Å². The molecule has 0 radical (unpaired) electrons. The molecule has 1 aliphatic rings. The van der Waals surface area contributed by atoms with E-state index >= 15 is 0 Å². The van der Waals surface area contributed by atoms with Crippen molar-refractivity contribution in [3.05, 3.63) is 17.0 Å². The van der Waals surface area contributed by atoms with Crippen LogP contribution in [0.25, 0.3) is 0 Å². The number of fused-ring (bicyclic) bond motifs is 1. The van der Waals surface area contributed by atoms with E-state index in [-0.39, 0.29) is 5.54 Å². The maximum absolute atomic E-state index is 6.04. The van der Waals surface area contributed by atoms with E-state index in [0.717, 1.165) is 18.5 Å². The summed E-state index contributed by atoms with van der Waals surface area (Å²) in [7, 11) is 0. The summed E-state index contributed by atoms with van der Waals surface area (Å²) in [4.78, 5) is 0. The summed E-state index contributed by atoms with van der Waals surface area (Å²) in [5.41, 5.74) is 9.48. The molecule has 0 atom stereocenters. The monoisotopic (exact) mass is 179 g/mol. The van der Waals surface area contributed by atoms with Gasteiger partial charge in [0.25, 0.3) is 0 Å². The fourth-order valence-electron chi connectivity index (χ4n) is 2.01. The van der Waals surface area contributed by atoms with Gasteiger partial charge in [0.15, 0.2) is 0 Å². The van der Waals surface area contributed by atoms with Crippen molar-refractivity contribution in [2.45, 2.75) is 45.1 Å². The summed E-state index contributed by atoms with van der Waals surface area (Å²) < 4.78 is 0. The molecule has 1 aromatic rings. The lowest BCUT2D eigenvalue weighted by Crippen LogP contribution is -2.30. The van der Waals surface area contributed by atoms with Crippen LogP contribution in [0, 0.1) is 0 Å². The third-order valence-electron chi connectivity index (χ3n) is 2.67. The van der Waals surface area contributed by atoms with Crippen molar-refractivity contribution in [1.82, 2.24) is 10.2 Å². The fourth-order valence-corrected chi connectivity index (χ4v) is 2.01. The quantitative estimate of drug-likeness (QED) is 0.686. The number of H-pyrrole nitrogens is 1. The molecule has 0 aromatic carbocycles. The van der Waals surface area contributed by atoms with Crippen LogP contribution >= 0.6 is 0 Å². The van der Waals surface area contributed by atoms with Crippen LogP contribution in [0.2, 0.25) is 0 Å². The number of nitrogens with zero attached hydrogens (tertiary/aromatic N) is 1. The molecule has 72 valence electrons. The van der Waals surface area contributed by atoms with Crippen LogP contribution in [-0.4, -0.2) is 10.2 Å². The van der Waals surface area contributed by atoms with Gasteiger partial charge in [-0.1, -0.05) is 0 Å². The Morgan fingerprint density at radius 2 is 2.00 bits per heavy atom. The van der Waals surface area contributed by atoms with Crippen LogP contribution in [0.4, 0.5) is 0 Å². The molecule has 2 rings (SSSR count). The number of hydrogen-bond acceptors (Lipinski definition) is 2. The zero-order valence-corrected chi connectivity index (χ0v) is 8.35. The molecular formula is C10H17N3. The zero-order valence-electron chi connectivity index (χ0n) is 8.35. The molecule has 1 aromatic heterocycles. The first kappa shape index (κ1) is 8.75. The minimum atomic E-state index is -0.304. The van der Waals surface area contributed by atoms with Crippen LogP contribution in [0.3, 0.4) is 0 Å². The highest BCUT2D eigenvalue weighted by Gasteiger charge is 2.25. The fraction of sp³-hybridized carbons (Fsp3) is 0.700. The number of aromatic amines is 1. The Bertz CT molecular complexity index is 306. The molecule has 0 saturated heterocycles. The highest BCUT2D eigenvalue weighted by molar-refractivity contribution is 5.31. The zero-order chi connectivity index (χ0) is 9.47. The molecule has 0 fully saturated rings. The average Bonchev–Trinajstić information content (AvgIpc) is 2.45. The molecule has 0 aliphatic heterocycles. The van der Waals surface area contributed by atoms with E-state index in [0.29, 0.717) is 0 Å². The van der Waals surface area contributed by atoms with Crippen LogP contribution in [0.1, 0.15) is 43.6 Å². The molecule has 13 heavy (non-hydrogen) atoms. The molecule has 0 bridgehead atoms. The molecule has 0 saturated carbocycles. The van der Waals surface area contributed by atoms with Crippen LogP contribution in [0.5, 0.6) is 0 Å². The summed E-state index contributed by atoms with van der Waals surface area (Å²) >= 11 is 0. The van der Waals surface area contributed by atoms with E-state index in [2.05, 4.69) is 10.2 Å². The summed E-state index contributed by atoms with van der Waals surface area (Å²) in [5, 5.41) is 7.42. The predicted octanol–water partition coefficient (Wildman–Crippen LogP) is 1.48. The van der Waals surface area contributed by atoms with E-state index in [1.807, 2.05) is 13.8 Å². The van der Waals surface area contributed by atoms with Crippen LogP contribution in [0.15, 0.2) is 0 Å². The topological polar surface area (TPSA) is 54.7 Å². The second kappa shape index (κ2) is 2.84. The Balaban J connectivity index is 2.43. The first-order chi connectivity index (χ1) is 6.09. The van der Waals surface area contributed by atoms with E-state index in [4.69, 9.17) is 5.73 Å². The van der Waals surface area contributed by atoms with Gasteiger partial charge in [0.2, 0.25) is 0 Å². The lowest BCUT2D eigenvalue weighted by atomic mass is 9.90. The van der Waals surface area contributed by atoms with Crippen LogP contribution < -0.4 is 5.73 Å². The lowest BCUT2D eigenvalue weighted by molar-refractivity contribution is 0.524. The summed E-state index contributed by atoms with van der Waals surface area (Å²) in [6.45, 7) is 4.02. The van der Waals surface area contributed by atoms with Gasteiger partial charge in [0, 0.05) is 5.69 Å². The highest BCUT2D eigenvalue weighted by Crippen LogP contribution is 2.27. The second-order valence-corrected chi connectivity index (χ2v) is 4.46. The third kappa shape index (κ3) is 1.48. The molecule has 3 heteroatoms. The largest absolute Gasteiger partial charge is 0.321 e. The minimum absolute atomic E-state index is 0.304. The molecule has 3 nitrogen and oxygen atoms in total. The lowest BCUT2D eigenvalue weighted by Gasteiger charge is -2.19. The van der Waals surface area contributed by atoms with Gasteiger partial charge in [-0.05, 0) is 45.1 Å². The molecule has 1 heterocycles. The van der Waals surface area contributed by atoms with E-state index in [1.165, 1.54) is 24.1 Å². The Hall–Kier alpha value is -0.830. The third-order valence-corrected chi connectivity index (χ3v) is 2.67. The Kier molecular flexibility index (Phi) is 1.91. The number of nitrogens with one attached hydrogen (secondary N) is 1. The molecule has 3 N–H and O–H groups in total. The number of rotatable bonds is 1. The molecular weight excluding hydrogens is 162 g/mol. The van der Waals surface area contributed by atoms with Crippen molar-refractivity contribution < 1.29 is 0 Å². The maximum atomic E-state index is 6.04. The van der Waals surface area contributed by atoms with E-state index < -0.39 is 0 Å². The summed E-state index contributed by atoms with van der Waals surface area (Å²) in [6, 6.07) is 0. The van der Waals surface area contributed by atoms with E-state index in [1.54, 1.807) is 0 Å². The average molecular weight is 179 g/mol. The van der Waals surface area contributed by atoms with Gasteiger partial charge >= 0.3 is 0 Å². The SMILES string of the molecule is CC(C)(N)c1n[nH]c2c1CCCC2. The van der Waals surface area contributed by atoms with Crippen molar-refractivity contribution in [3.8, 4) is 0 Å². The smallest absolute Gasteiger partial charge is 0.0849 e. The molecule has 0 unspecified atom stereocenters. The number of aromatic nitrogens is 2. The molecule has 0 amide bonds. The van der Waals surface area contributed by atoms with Gasteiger partial charge in [-0.15, -0.1) is 0 Å². The van der Waals surface area contributed by atoms with Gasteiger partial charge in [-0.3, -0.25) is 5.10 Å². The second-order valence-electron chi connectivity index (χ2n) is 4.46. The van der Waals surface area contributed by atoms with Gasteiger partial charge in [-0.25, -0.2) is 0 Å². The highest BCUT2D eigenvalue weighted by atomic mass is 15.1. The number of aryl methyl sites for hydroxylation is 1. The van der Waals surface area contributed by atoms with Gasteiger partial charge in [-0.2, -0.15) is 5.10 Å². The first-order valence-electron chi connectivity index (χ1n) is 4.94.